The van der Waals surface area contributed by atoms with Crippen LogP contribution in [0.2, 0.25) is 0 Å². The maximum atomic E-state index is 15.5. The lowest BCUT2D eigenvalue weighted by atomic mass is 9.98. The lowest BCUT2D eigenvalue weighted by molar-refractivity contribution is -0.0838. The van der Waals surface area contributed by atoms with Crippen molar-refractivity contribution in [2.75, 3.05) is 45.1 Å². The molecule has 1 unspecified atom stereocenters. The number of aromatic nitrogens is 3. The number of alkyl halides is 2. The summed E-state index contributed by atoms with van der Waals surface area (Å²) in [6.07, 6.45) is 6.49. The highest BCUT2D eigenvalue weighted by molar-refractivity contribution is 5.99. The second-order valence-corrected chi connectivity index (χ2v) is 14.0. The van der Waals surface area contributed by atoms with Crippen molar-refractivity contribution in [2.45, 2.75) is 62.5 Å². The number of halogens is 2. The molecule has 1 amide bonds. The number of anilines is 1. The second kappa shape index (κ2) is 14.8. The minimum Gasteiger partial charge on any atom is -0.394 e. The molecule has 1 aliphatic heterocycles. The van der Waals surface area contributed by atoms with Crippen LogP contribution in [0.3, 0.4) is 0 Å². The van der Waals surface area contributed by atoms with Crippen LogP contribution < -0.4 is 11.1 Å². The van der Waals surface area contributed by atoms with Crippen LogP contribution in [0.4, 0.5) is 14.6 Å². The van der Waals surface area contributed by atoms with Gasteiger partial charge in [0, 0.05) is 69.7 Å². The number of aryl methyl sites for hydroxylation is 1. The van der Waals surface area contributed by atoms with E-state index in [1.54, 1.807) is 23.1 Å². The fourth-order valence-corrected chi connectivity index (χ4v) is 7.73. The summed E-state index contributed by atoms with van der Waals surface area (Å²) in [6, 6.07) is 14.2. The van der Waals surface area contributed by atoms with Gasteiger partial charge in [0.2, 0.25) is 0 Å². The van der Waals surface area contributed by atoms with Gasteiger partial charge in [0.15, 0.2) is 0 Å². The first-order valence-electron chi connectivity index (χ1n) is 17.6. The normalized spacial score (nSPS) is 22.6. The number of nitrogens with two attached hydrogens (primary N) is 1. The van der Waals surface area contributed by atoms with Crippen LogP contribution >= 0.6 is 0 Å². The predicted octanol–water partition coefficient (Wildman–Crippen LogP) is 3.80. The molecular weight excluding hydrogens is 656 g/mol. The van der Waals surface area contributed by atoms with Crippen LogP contribution in [-0.2, 0) is 24.8 Å². The van der Waals surface area contributed by atoms with Gasteiger partial charge in [-0.25, -0.2) is 13.8 Å². The molecule has 0 bridgehead atoms. The number of carbonyl (C=O) groups is 1. The van der Waals surface area contributed by atoms with Gasteiger partial charge in [0.05, 0.1) is 49.3 Å². The highest BCUT2D eigenvalue weighted by atomic mass is 19.3. The summed E-state index contributed by atoms with van der Waals surface area (Å²) in [5, 5.41) is 26.2. The Morgan fingerprint density at radius 3 is 2.53 bits per heavy atom. The van der Waals surface area contributed by atoms with E-state index in [0.717, 1.165) is 47.1 Å². The number of nitrogens with zero attached hydrogens (tertiary/aromatic N) is 5. The van der Waals surface area contributed by atoms with Crippen molar-refractivity contribution in [3.8, 4) is 22.3 Å². The summed E-state index contributed by atoms with van der Waals surface area (Å²) in [6.45, 7) is 2.49. The molecule has 13 heteroatoms. The number of aliphatic hydroxyl groups excluding tert-OH is 2. The molecule has 1 saturated heterocycles. The number of amides is 1. The number of nitrogen functional groups attached to an aromatic ring is 1. The maximum absolute atomic E-state index is 15.5. The minimum atomic E-state index is -2.88. The van der Waals surface area contributed by atoms with Crippen molar-refractivity contribution in [2.24, 2.45) is 7.05 Å². The summed E-state index contributed by atoms with van der Waals surface area (Å²) in [4.78, 5) is 21.4. The first-order chi connectivity index (χ1) is 24.6. The van der Waals surface area contributed by atoms with Gasteiger partial charge < -0.3 is 26.0 Å². The van der Waals surface area contributed by atoms with Crippen LogP contribution in [0.25, 0.3) is 22.3 Å². The zero-order chi connectivity index (χ0) is 35.7. The highest BCUT2D eigenvalue weighted by Gasteiger charge is 2.50. The van der Waals surface area contributed by atoms with Gasteiger partial charge in [-0.15, -0.1) is 0 Å². The SMILES string of the molecule is Cn1cc(-c2cnc(N)c(C(=O)N[C@H]3CCC[C@@H]3OCc3ccc(-c4ccc5c(c4)CC(F)(F)C5N4CCN(C[C@H](O)CO)CC4)cc3)c2)cn1. The smallest absolute Gasteiger partial charge is 0.271 e. The van der Waals surface area contributed by atoms with Gasteiger partial charge in [0.1, 0.15) is 5.82 Å². The van der Waals surface area contributed by atoms with Gasteiger partial charge in [0.25, 0.3) is 11.8 Å². The predicted molar refractivity (Wildman–Crippen MR) is 189 cm³/mol. The second-order valence-electron chi connectivity index (χ2n) is 14.0. The van der Waals surface area contributed by atoms with Crippen molar-refractivity contribution in [1.29, 1.82) is 0 Å². The van der Waals surface area contributed by atoms with Crippen LogP contribution in [-0.4, -0.2) is 104 Å². The van der Waals surface area contributed by atoms with Crippen LogP contribution in [0, 0.1) is 0 Å². The quantitative estimate of drug-likeness (QED) is 0.184. The Labute approximate surface area is 296 Å². The zero-order valence-corrected chi connectivity index (χ0v) is 28.7. The van der Waals surface area contributed by atoms with E-state index < -0.39 is 18.1 Å². The summed E-state index contributed by atoms with van der Waals surface area (Å²) >= 11 is 0. The Morgan fingerprint density at radius 2 is 1.80 bits per heavy atom. The monoisotopic (exact) mass is 701 g/mol. The summed E-state index contributed by atoms with van der Waals surface area (Å²) < 4.78 is 38.9. The maximum Gasteiger partial charge on any atom is 0.271 e. The third-order valence-electron chi connectivity index (χ3n) is 10.4. The molecule has 7 rings (SSSR count). The molecule has 3 heterocycles. The summed E-state index contributed by atoms with van der Waals surface area (Å²) in [5.74, 6) is -2.99. The Bertz CT molecular complexity index is 1840. The number of pyridine rings is 1. The number of nitrogens with one attached hydrogen (secondary N) is 1. The molecule has 4 atom stereocenters. The molecule has 0 spiro atoms. The Kier molecular flexibility index (Phi) is 10.2. The first kappa shape index (κ1) is 35.1. The number of rotatable bonds is 11. The van der Waals surface area contributed by atoms with Gasteiger partial charge in [-0.3, -0.25) is 19.3 Å². The molecule has 3 aliphatic rings. The number of piperazine rings is 1. The lowest BCUT2D eigenvalue weighted by Gasteiger charge is -2.40. The van der Waals surface area contributed by atoms with Crippen molar-refractivity contribution < 1.29 is 28.5 Å². The van der Waals surface area contributed by atoms with Crippen molar-refractivity contribution in [3.05, 3.63) is 89.4 Å². The molecular formula is C38H45F2N7O4. The number of β-amino-alcohol motifs (C(OH)–C–C–N with tert-alkyl or cyclic N) is 1. The summed E-state index contributed by atoms with van der Waals surface area (Å²) in [7, 11) is 1.83. The van der Waals surface area contributed by atoms with Crippen LogP contribution in [0.1, 0.15) is 52.4 Å². The van der Waals surface area contributed by atoms with Gasteiger partial charge >= 0.3 is 0 Å². The molecule has 51 heavy (non-hydrogen) atoms. The zero-order valence-electron chi connectivity index (χ0n) is 28.7. The largest absolute Gasteiger partial charge is 0.394 e. The molecule has 2 fully saturated rings. The molecule has 11 nitrogen and oxygen atoms in total. The van der Waals surface area contributed by atoms with Gasteiger partial charge in [-0.1, -0.05) is 42.5 Å². The topological polar surface area (TPSA) is 142 Å². The number of hydrogen-bond donors (Lipinski definition) is 4. The van der Waals surface area contributed by atoms with E-state index in [1.165, 1.54) is 0 Å². The Hall–Kier alpha value is -4.27. The van der Waals surface area contributed by atoms with Crippen molar-refractivity contribution in [3.63, 3.8) is 0 Å². The molecule has 2 aliphatic carbocycles. The number of aliphatic hydroxyl groups is 2. The Morgan fingerprint density at radius 1 is 1.04 bits per heavy atom. The van der Waals surface area contributed by atoms with E-state index in [4.69, 9.17) is 15.6 Å². The van der Waals surface area contributed by atoms with Crippen LogP contribution in [0.5, 0.6) is 0 Å². The molecule has 5 N–H and O–H groups in total. The van der Waals surface area contributed by atoms with E-state index >= 15 is 8.78 Å². The number of fused-ring (bicyclic) bond motifs is 1. The molecule has 2 aromatic heterocycles. The molecule has 2 aromatic carbocycles. The summed E-state index contributed by atoms with van der Waals surface area (Å²) in [5.41, 5.74) is 12.2. The first-order valence-corrected chi connectivity index (χ1v) is 17.6. The Balaban J connectivity index is 0.953. The molecule has 4 aromatic rings. The third-order valence-corrected chi connectivity index (χ3v) is 10.4. The number of ether oxygens (including phenoxy) is 1. The average molecular weight is 702 g/mol. The lowest BCUT2D eigenvalue weighted by Crippen LogP contribution is -2.52. The standard InChI is InChI=1S/C38H45F2N7O4/c1-45-20-29(19-43-45)28-16-32(36(41)42-18-28)37(50)44-33-3-2-4-34(33)51-23-24-5-7-25(8-6-24)26-9-10-31-27(15-26)17-38(39,40)35(31)47-13-11-46(12-14-47)21-30(49)22-48/h5-10,15-16,18-20,30,33-35,48-49H,2-4,11-14,17,21-23H2,1H3,(H2,41,42)(H,44,50)/t30-,33-,34-,35?/m0/s1. The van der Waals surface area contributed by atoms with E-state index in [2.05, 4.69) is 15.4 Å². The number of hydrogen-bond acceptors (Lipinski definition) is 9. The average Bonchev–Trinajstić information content (AvgIpc) is 3.83. The van der Waals surface area contributed by atoms with E-state index in [1.807, 2.05) is 65.5 Å². The number of benzene rings is 2. The van der Waals surface area contributed by atoms with E-state index in [0.29, 0.717) is 56.0 Å². The van der Waals surface area contributed by atoms with Gasteiger partial charge in [-0.05, 0) is 53.1 Å². The highest BCUT2D eigenvalue weighted by Crippen LogP contribution is 2.48. The van der Waals surface area contributed by atoms with Crippen LogP contribution in [0.15, 0.2) is 67.1 Å². The molecule has 1 saturated carbocycles. The van der Waals surface area contributed by atoms with E-state index in [9.17, 15) is 9.90 Å². The fraction of sp³-hybridized carbons (Fsp3) is 0.447. The van der Waals surface area contributed by atoms with Crippen molar-refractivity contribution in [1.82, 2.24) is 29.9 Å². The molecule has 0 radical (unpaired) electrons. The minimum absolute atomic E-state index is 0.147. The fourth-order valence-electron chi connectivity index (χ4n) is 7.73. The third kappa shape index (κ3) is 7.68. The van der Waals surface area contributed by atoms with E-state index in [-0.39, 0.29) is 36.9 Å². The van der Waals surface area contributed by atoms with Gasteiger partial charge in [-0.2, -0.15) is 5.10 Å². The number of carbonyl (C=O) groups excluding carboxylic acids is 1. The molecule has 270 valence electrons. The van der Waals surface area contributed by atoms with Crippen molar-refractivity contribution >= 4 is 11.7 Å².